The minimum atomic E-state index is -3.96. The Balaban J connectivity index is 1.85. The summed E-state index contributed by atoms with van der Waals surface area (Å²) in [7, 11) is -0.730. The summed E-state index contributed by atoms with van der Waals surface area (Å²) in [6.45, 7) is 1.84. The largest absolute Gasteiger partial charge is 0.497 e. The summed E-state index contributed by atoms with van der Waals surface area (Å²) >= 11 is 12.1. The molecule has 0 N–H and O–H groups in total. The molecule has 0 aliphatic carbocycles. The van der Waals surface area contributed by atoms with Crippen LogP contribution < -0.4 is 4.74 Å². The number of ether oxygens (including phenoxy) is 1. The number of hydrogen-bond donors (Lipinski definition) is 0. The highest BCUT2D eigenvalue weighted by Crippen LogP contribution is 2.25. The number of aryl methyl sites for hydroxylation is 1. The molecular weight excluding hydrogens is 495 g/mol. The maximum Gasteiger partial charge on any atom is 0.243 e. The van der Waals surface area contributed by atoms with E-state index in [-0.39, 0.29) is 23.9 Å². The fourth-order valence-corrected chi connectivity index (χ4v) is 4.99. The Morgan fingerprint density at radius 2 is 1.50 bits per heavy atom. The van der Waals surface area contributed by atoms with Crippen LogP contribution in [0, 0.1) is 6.92 Å². The second kappa shape index (κ2) is 11.2. The molecule has 0 atom stereocenters. The van der Waals surface area contributed by atoms with Gasteiger partial charge in [0.2, 0.25) is 15.9 Å². The van der Waals surface area contributed by atoms with E-state index in [9.17, 15) is 13.2 Å². The van der Waals surface area contributed by atoms with Gasteiger partial charge in [0.05, 0.1) is 28.6 Å². The average Bonchev–Trinajstić information content (AvgIpc) is 2.81. The lowest BCUT2D eigenvalue weighted by Crippen LogP contribution is -2.40. The molecule has 180 valence electrons. The number of carbonyl (C=O) groups excluding carboxylic acids is 1. The van der Waals surface area contributed by atoms with Gasteiger partial charge in [0.1, 0.15) is 5.75 Å². The van der Waals surface area contributed by atoms with Gasteiger partial charge in [0, 0.05) is 20.1 Å². The summed E-state index contributed by atoms with van der Waals surface area (Å²) in [6.07, 6.45) is 0. The Bertz CT molecular complexity index is 1250. The Hall–Kier alpha value is -2.58. The van der Waals surface area contributed by atoms with Gasteiger partial charge in [0.15, 0.2) is 0 Å². The molecule has 0 radical (unpaired) electrons. The van der Waals surface area contributed by atoms with Gasteiger partial charge in [-0.05, 0) is 54.4 Å². The molecule has 3 rings (SSSR count). The van der Waals surface area contributed by atoms with Crippen molar-refractivity contribution in [2.45, 2.75) is 24.9 Å². The molecule has 3 aromatic rings. The lowest BCUT2D eigenvalue weighted by Gasteiger charge is -2.25. The molecule has 0 fully saturated rings. The van der Waals surface area contributed by atoms with Crippen LogP contribution in [0.15, 0.2) is 71.6 Å². The first-order valence-corrected chi connectivity index (χ1v) is 12.7. The van der Waals surface area contributed by atoms with Gasteiger partial charge in [0.25, 0.3) is 0 Å². The number of carbonyl (C=O) groups is 1. The number of benzene rings is 3. The summed E-state index contributed by atoms with van der Waals surface area (Å²) in [5.74, 6) is 0.376. The molecule has 6 nitrogen and oxygen atoms in total. The monoisotopic (exact) mass is 520 g/mol. The number of hydrogen-bond acceptors (Lipinski definition) is 4. The molecule has 0 unspecified atom stereocenters. The van der Waals surface area contributed by atoms with Gasteiger partial charge in [-0.3, -0.25) is 4.79 Å². The Kier molecular flexibility index (Phi) is 8.60. The van der Waals surface area contributed by atoms with Crippen LogP contribution in [0.5, 0.6) is 5.75 Å². The standard InChI is InChI=1S/C25H26Cl2N2O4S/c1-18-4-11-22(12-5-18)34(31,32)29(16-20-8-13-23(26)24(27)14-20)17-25(30)28(2)15-19-6-9-21(33-3)10-7-19/h4-14H,15-17H2,1-3H3. The van der Waals surface area contributed by atoms with E-state index in [1.165, 1.54) is 17.0 Å². The molecule has 0 heterocycles. The number of sulfonamides is 1. The average molecular weight is 521 g/mol. The fourth-order valence-electron chi connectivity index (χ4n) is 3.29. The highest BCUT2D eigenvalue weighted by molar-refractivity contribution is 7.89. The zero-order valence-electron chi connectivity index (χ0n) is 19.2. The van der Waals surface area contributed by atoms with Crippen molar-refractivity contribution in [3.05, 3.63) is 93.5 Å². The van der Waals surface area contributed by atoms with Crippen LogP contribution in [0.2, 0.25) is 10.0 Å². The van der Waals surface area contributed by atoms with E-state index in [4.69, 9.17) is 27.9 Å². The highest BCUT2D eigenvalue weighted by atomic mass is 35.5. The van der Waals surface area contributed by atoms with E-state index in [0.29, 0.717) is 22.2 Å². The van der Waals surface area contributed by atoms with Crippen molar-refractivity contribution in [1.29, 1.82) is 0 Å². The fraction of sp³-hybridized carbons (Fsp3) is 0.240. The van der Waals surface area contributed by atoms with Gasteiger partial charge in [-0.1, -0.05) is 59.1 Å². The predicted molar refractivity (Wildman–Crippen MR) is 135 cm³/mol. The maximum atomic E-state index is 13.5. The van der Waals surface area contributed by atoms with Crippen molar-refractivity contribution in [2.75, 3.05) is 20.7 Å². The van der Waals surface area contributed by atoms with Crippen LogP contribution in [-0.4, -0.2) is 44.2 Å². The van der Waals surface area contributed by atoms with E-state index < -0.39 is 10.0 Å². The Labute approximate surface area is 210 Å². The summed E-state index contributed by atoms with van der Waals surface area (Å²) in [5, 5.41) is 0.684. The quantitative estimate of drug-likeness (QED) is 0.390. The second-order valence-electron chi connectivity index (χ2n) is 7.93. The van der Waals surface area contributed by atoms with Gasteiger partial charge < -0.3 is 9.64 Å². The maximum absolute atomic E-state index is 13.5. The second-order valence-corrected chi connectivity index (χ2v) is 10.7. The molecule has 9 heteroatoms. The first-order valence-electron chi connectivity index (χ1n) is 10.5. The zero-order chi connectivity index (χ0) is 24.9. The third kappa shape index (κ3) is 6.51. The number of methoxy groups -OCH3 is 1. The summed E-state index contributed by atoms with van der Waals surface area (Å²) in [4.78, 5) is 14.7. The lowest BCUT2D eigenvalue weighted by atomic mass is 10.2. The van der Waals surface area contributed by atoms with Gasteiger partial charge in [-0.25, -0.2) is 8.42 Å². The van der Waals surface area contributed by atoms with E-state index in [0.717, 1.165) is 21.2 Å². The molecule has 0 bridgehead atoms. The van der Waals surface area contributed by atoms with Crippen LogP contribution >= 0.6 is 23.2 Å². The van der Waals surface area contributed by atoms with Crippen molar-refractivity contribution in [2.24, 2.45) is 0 Å². The summed E-state index contributed by atoms with van der Waals surface area (Å²) < 4.78 is 33.3. The van der Waals surface area contributed by atoms with Gasteiger partial charge in [-0.15, -0.1) is 0 Å². The number of rotatable bonds is 9. The molecule has 0 aromatic heterocycles. The molecule has 34 heavy (non-hydrogen) atoms. The van der Waals surface area contributed by atoms with Crippen molar-refractivity contribution >= 4 is 39.1 Å². The lowest BCUT2D eigenvalue weighted by molar-refractivity contribution is -0.130. The highest BCUT2D eigenvalue weighted by Gasteiger charge is 2.28. The number of halogens is 2. The summed E-state index contributed by atoms with van der Waals surface area (Å²) in [6, 6.07) is 18.8. The third-order valence-corrected chi connectivity index (χ3v) is 7.86. The van der Waals surface area contributed by atoms with Crippen LogP contribution in [0.4, 0.5) is 0 Å². The van der Waals surface area contributed by atoms with Crippen LogP contribution in [0.1, 0.15) is 16.7 Å². The van der Waals surface area contributed by atoms with E-state index in [1.807, 2.05) is 31.2 Å². The predicted octanol–water partition coefficient (Wildman–Crippen LogP) is 5.16. The minimum Gasteiger partial charge on any atom is -0.497 e. The molecule has 0 spiro atoms. The van der Waals surface area contributed by atoms with E-state index >= 15 is 0 Å². The van der Waals surface area contributed by atoms with Crippen molar-refractivity contribution in [3.8, 4) is 5.75 Å². The molecule has 0 aliphatic rings. The van der Waals surface area contributed by atoms with Crippen molar-refractivity contribution in [1.82, 2.24) is 9.21 Å². The van der Waals surface area contributed by atoms with Crippen LogP contribution in [0.25, 0.3) is 0 Å². The normalized spacial score (nSPS) is 11.5. The number of amides is 1. The minimum absolute atomic E-state index is 0.0325. The topological polar surface area (TPSA) is 66.9 Å². The van der Waals surface area contributed by atoms with Crippen LogP contribution in [-0.2, 0) is 27.9 Å². The van der Waals surface area contributed by atoms with E-state index in [2.05, 4.69) is 0 Å². The van der Waals surface area contributed by atoms with Gasteiger partial charge in [-0.2, -0.15) is 4.31 Å². The Morgan fingerprint density at radius 1 is 0.882 bits per heavy atom. The van der Waals surface area contributed by atoms with Crippen molar-refractivity contribution in [3.63, 3.8) is 0 Å². The molecule has 1 amide bonds. The molecule has 0 saturated carbocycles. The van der Waals surface area contributed by atoms with Crippen LogP contribution in [0.3, 0.4) is 0 Å². The first-order chi connectivity index (χ1) is 16.1. The zero-order valence-corrected chi connectivity index (χ0v) is 21.5. The molecular formula is C25H26Cl2N2O4S. The summed E-state index contributed by atoms with van der Waals surface area (Å²) in [5.41, 5.74) is 2.45. The molecule has 0 aliphatic heterocycles. The first kappa shape index (κ1) is 26.0. The SMILES string of the molecule is COc1ccc(CN(C)C(=O)CN(Cc2ccc(Cl)c(Cl)c2)S(=O)(=O)c2ccc(C)cc2)cc1. The molecule has 3 aromatic carbocycles. The molecule has 0 saturated heterocycles. The third-order valence-electron chi connectivity index (χ3n) is 5.32. The smallest absolute Gasteiger partial charge is 0.243 e. The number of likely N-dealkylation sites (N-methyl/N-ethyl adjacent to an activating group) is 1. The number of nitrogens with zero attached hydrogens (tertiary/aromatic N) is 2. The Morgan fingerprint density at radius 3 is 2.09 bits per heavy atom. The van der Waals surface area contributed by atoms with Crippen molar-refractivity contribution < 1.29 is 17.9 Å². The van der Waals surface area contributed by atoms with E-state index in [1.54, 1.807) is 44.5 Å². The van der Waals surface area contributed by atoms with Gasteiger partial charge >= 0.3 is 0 Å².